The number of nitrogens with zero attached hydrogens (tertiary/aromatic N) is 2. The van der Waals surface area contributed by atoms with Gasteiger partial charge in [0.05, 0.1) is 6.54 Å². The number of carbonyl (C=O) groups is 1. The fraction of sp³-hybridized carbons (Fsp3) is 0.545. The fourth-order valence-electron chi connectivity index (χ4n) is 3.93. The van der Waals surface area contributed by atoms with Gasteiger partial charge in [0.15, 0.2) is 5.89 Å². The highest BCUT2D eigenvalue weighted by Gasteiger charge is 2.29. The predicted octanol–water partition coefficient (Wildman–Crippen LogP) is 3.64. The number of hydrogen-bond acceptors (Lipinski definition) is 4. The van der Waals surface area contributed by atoms with E-state index in [0.717, 1.165) is 42.4 Å². The molecule has 1 aromatic carbocycles. The lowest BCUT2D eigenvalue weighted by atomic mass is 9.90. The molecular weight excluding hydrogens is 338 g/mol. The van der Waals surface area contributed by atoms with Crippen LogP contribution in [0.3, 0.4) is 0 Å². The van der Waals surface area contributed by atoms with Gasteiger partial charge in [-0.05, 0) is 49.5 Å². The van der Waals surface area contributed by atoms with Gasteiger partial charge in [-0.1, -0.05) is 32.9 Å². The number of aromatic nitrogens is 1. The monoisotopic (exact) mass is 367 g/mol. The molecule has 0 radical (unpaired) electrons. The molecule has 0 unspecified atom stereocenters. The lowest BCUT2D eigenvalue weighted by molar-refractivity contribution is 0.0727. The number of piperidine rings is 1. The van der Waals surface area contributed by atoms with Crippen LogP contribution < -0.4 is 5.32 Å². The molecule has 4 rings (SSSR count). The highest BCUT2D eigenvalue weighted by atomic mass is 16.4. The zero-order chi connectivity index (χ0) is 19.0. The second-order valence-electron chi connectivity index (χ2n) is 8.76. The number of amides is 1. The van der Waals surface area contributed by atoms with Gasteiger partial charge in [-0.3, -0.25) is 4.79 Å². The van der Waals surface area contributed by atoms with E-state index < -0.39 is 0 Å². The first-order valence-electron chi connectivity index (χ1n) is 10.0. The molecule has 3 heterocycles. The summed E-state index contributed by atoms with van der Waals surface area (Å²) in [7, 11) is 0. The van der Waals surface area contributed by atoms with E-state index in [1.165, 1.54) is 18.4 Å². The molecule has 1 N–H and O–H groups in total. The van der Waals surface area contributed by atoms with E-state index in [4.69, 9.17) is 4.42 Å². The Balaban J connectivity index is 1.46. The molecule has 0 saturated carbocycles. The van der Waals surface area contributed by atoms with Crippen LogP contribution in [0, 0.1) is 0 Å². The Morgan fingerprint density at radius 1 is 1.19 bits per heavy atom. The summed E-state index contributed by atoms with van der Waals surface area (Å²) >= 11 is 0. The summed E-state index contributed by atoms with van der Waals surface area (Å²) in [5.41, 5.74) is 2.90. The third-order valence-corrected chi connectivity index (χ3v) is 5.62. The summed E-state index contributed by atoms with van der Waals surface area (Å²) < 4.78 is 5.93. The van der Waals surface area contributed by atoms with Crippen LogP contribution >= 0.6 is 0 Å². The molecule has 1 fully saturated rings. The van der Waals surface area contributed by atoms with Gasteiger partial charge in [0.2, 0.25) is 0 Å². The summed E-state index contributed by atoms with van der Waals surface area (Å²) in [4.78, 5) is 19.5. The van der Waals surface area contributed by atoms with Gasteiger partial charge < -0.3 is 14.6 Å². The first-order valence-corrected chi connectivity index (χ1v) is 10.0. The number of nitrogens with one attached hydrogen (secondary N) is 1. The Kier molecular flexibility index (Phi) is 4.81. The minimum Gasteiger partial charge on any atom is -0.445 e. The summed E-state index contributed by atoms with van der Waals surface area (Å²) in [5.74, 6) is 2.38. The molecule has 1 aromatic heterocycles. The standard InChI is InChI=1S/C22H29N3O2/c1-22(2,3)21-24-18-14-25(13-10-19(18)27-21)20(26)17-6-4-15(5-7-17)16-8-11-23-12-9-16/h4-7,16,23H,8-14H2,1-3H3. The van der Waals surface area contributed by atoms with Crippen LogP contribution in [0.1, 0.15) is 72.8 Å². The van der Waals surface area contributed by atoms with E-state index in [2.05, 4.69) is 43.2 Å². The molecule has 0 spiro atoms. The molecule has 144 valence electrons. The van der Waals surface area contributed by atoms with Crippen molar-refractivity contribution in [2.45, 2.75) is 57.9 Å². The maximum Gasteiger partial charge on any atom is 0.254 e. The van der Waals surface area contributed by atoms with Crippen molar-refractivity contribution in [2.24, 2.45) is 0 Å². The van der Waals surface area contributed by atoms with Gasteiger partial charge >= 0.3 is 0 Å². The molecule has 5 nitrogen and oxygen atoms in total. The van der Waals surface area contributed by atoms with Crippen LogP contribution in [0.15, 0.2) is 28.7 Å². The van der Waals surface area contributed by atoms with Crippen molar-refractivity contribution < 1.29 is 9.21 Å². The minimum atomic E-state index is -0.114. The zero-order valence-electron chi connectivity index (χ0n) is 16.5. The van der Waals surface area contributed by atoms with Crippen LogP contribution in [0.5, 0.6) is 0 Å². The smallest absolute Gasteiger partial charge is 0.254 e. The summed E-state index contributed by atoms with van der Waals surface area (Å²) in [6.07, 6.45) is 3.08. The molecular formula is C22H29N3O2. The molecule has 0 aliphatic carbocycles. The topological polar surface area (TPSA) is 58.4 Å². The number of benzene rings is 1. The summed E-state index contributed by atoms with van der Waals surface area (Å²) in [6.45, 7) is 9.65. The SMILES string of the molecule is CC(C)(C)c1nc2c(o1)CCN(C(=O)c1ccc(C3CCNCC3)cc1)C2. The fourth-order valence-corrected chi connectivity index (χ4v) is 3.93. The van der Waals surface area contributed by atoms with Crippen molar-refractivity contribution >= 4 is 5.91 Å². The average molecular weight is 367 g/mol. The van der Waals surface area contributed by atoms with Gasteiger partial charge in [-0.15, -0.1) is 0 Å². The van der Waals surface area contributed by atoms with E-state index in [-0.39, 0.29) is 11.3 Å². The normalized spacial score (nSPS) is 18.4. The van der Waals surface area contributed by atoms with Crippen LogP contribution in [-0.2, 0) is 18.4 Å². The van der Waals surface area contributed by atoms with Crippen molar-refractivity contribution in [1.29, 1.82) is 0 Å². The molecule has 0 atom stereocenters. The number of oxazole rings is 1. The highest BCUT2D eigenvalue weighted by Crippen LogP contribution is 2.29. The lowest BCUT2D eigenvalue weighted by Crippen LogP contribution is -2.35. The van der Waals surface area contributed by atoms with E-state index in [9.17, 15) is 4.79 Å². The largest absolute Gasteiger partial charge is 0.445 e. The molecule has 27 heavy (non-hydrogen) atoms. The zero-order valence-corrected chi connectivity index (χ0v) is 16.5. The molecule has 5 heteroatoms. The van der Waals surface area contributed by atoms with Crippen molar-refractivity contribution in [2.75, 3.05) is 19.6 Å². The number of hydrogen-bond donors (Lipinski definition) is 1. The second-order valence-corrected chi connectivity index (χ2v) is 8.76. The minimum absolute atomic E-state index is 0.0813. The van der Waals surface area contributed by atoms with E-state index >= 15 is 0 Å². The van der Waals surface area contributed by atoms with Gasteiger partial charge in [0.25, 0.3) is 5.91 Å². The molecule has 2 aromatic rings. The van der Waals surface area contributed by atoms with Crippen molar-refractivity contribution in [3.63, 3.8) is 0 Å². The molecule has 1 saturated heterocycles. The molecule has 2 aliphatic heterocycles. The number of carbonyl (C=O) groups excluding carboxylic acids is 1. The molecule has 0 bridgehead atoms. The third kappa shape index (κ3) is 3.79. The van der Waals surface area contributed by atoms with Crippen LogP contribution in [0.25, 0.3) is 0 Å². The molecule has 2 aliphatic rings. The van der Waals surface area contributed by atoms with E-state index in [1.54, 1.807) is 0 Å². The summed E-state index contributed by atoms with van der Waals surface area (Å²) in [5, 5.41) is 3.40. The van der Waals surface area contributed by atoms with Gasteiger partial charge in [0, 0.05) is 23.9 Å². The highest BCUT2D eigenvalue weighted by molar-refractivity contribution is 5.94. The Labute approximate surface area is 161 Å². The van der Waals surface area contributed by atoms with Crippen LogP contribution in [0.2, 0.25) is 0 Å². The van der Waals surface area contributed by atoms with Gasteiger partial charge in [0.1, 0.15) is 11.5 Å². The maximum atomic E-state index is 13.0. The van der Waals surface area contributed by atoms with Crippen molar-refractivity contribution in [3.05, 3.63) is 52.7 Å². The first-order chi connectivity index (χ1) is 12.9. The second kappa shape index (κ2) is 7.12. The Morgan fingerprint density at radius 2 is 1.89 bits per heavy atom. The number of rotatable bonds is 2. The molecule has 1 amide bonds. The Hall–Kier alpha value is -2.14. The van der Waals surface area contributed by atoms with Crippen LogP contribution in [0.4, 0.5) is 0 Å². The van der Waals surface area contributed by atoms with E-state index in [1.807, 2.05) is 17.0 Å². The average Bonchev–Trinajstić information content (AvgIpc) is 3.12. The quantitative estimate of drug-likeness (QED) is 0.880. The van der Waals surface area contributed by atoms with E-state index in [0.29, 0.717) is 19.0 Å². The van der Waals surface area contributed by atoms with Crippen LogP contribution in [-0.4, -0.2) is 35.4 Å². The Morgan fingerprint density at radius 3 is 2.56 bits per heavy atom. The lowest BCUT2D eigenvalue weighted by Gasteiger charge is -2.26. The number of fused-ring (bicyclic) bond motifs is 1. The van der Waals surface area contributed by atoms with Gasteiger partial charge in [-0.2, -0.15) is 0 Å². The van der Waals surface area contributed by atoms with Gasteiger partial charge in [-0.25, -0.2) is 4.98 Å². The first kappa shape index (κ1) is 18.2. The predicted molar refractivity (Wildman–Crippen MR) is 105 cm³/mol. The maximum absolute atomic E-state index is 13.0. The van der Waals surface area contributed by atoms with Crippen molar-refractivity contribution in [1.82, 2.24) is 15.2 Å². The Bertz CT molecular complexity index is 811. The third-order valence-electron chi connectivity index (χ3n) is 5.62. The van der Waals surface area contributed by atoms with Crippen molar-refractivity contribution in [3.8, 4) is 0 Å². The summed E-state index contributed by atoms with van der Waals surface area (Å²) in [6, 6.07) is 8.23.